The first-order chi connectivity index (χ1) is 14.1. The van der Waals surface area contributed by atoms with Crippen molar-refractivity contribution < 1.29 is 9.18 Å². The highest BCUT2D eigenvalue weighted by Crippen LogP contribution is 2.24. The van der Waals surface area contributed by atoms with E-state index in [1.54, 1.807) is 42.5 Å². The molecule has 0 atom stereocenters. The Bertz CT molecular complexity index is 1020. The van der Waals surface area contributed by atoms with Crippen LogP contribution in [-0.2, 0) is 19.5 Å². The van der Waals surface area contributed by atoms with E-state index in [4.69, 9.17) is 11.6 Å². The van der Waals surface area contributed by atoms with Gasteiger partial charge in [-0.15, -0.1) is 10.2 Å². The predicted molar refractivity (Wildman–Crippen MR) is 111 cm³/mol. The van der Waals surface area contributed by atoms with Crippen LogP contribution in [0.1, 0.15) is 30.7 Å². The number of nitrogens with one attached hydrogen (secondary N) is 1. The molecule has 0 saturated carbocycles. The van der Waals surface area contributed by atoms with Gasteiger partial charge in [-0.1, -0.05) is 42.3 Å². The van der Waals surface area contributed by atoms with Gasteiger partial charge in [-0.3, -0.25) is 9.47 Å². The summed E-state index contributed by atoms with van der Waals surface area (Å²) in [6, 6.07) is 12.9. The Morgan fingerprint density at radius 3 is 2.83 bits per heavy atom. The van der Waals surface area contributed by atoms with E-state index in [2.05, 4.69) is 15.5 Å². The average molecular weight is 414 g/mol. The summed E-state index contributed by atoms with van der Waals surface area (Å²) in [4.78, 5) is 14.6. The fourth-order valence-electron chi connectivity index (χ4n) is 3.46. The second-order valence-electron chi connectivity index (χ2n) is 7.00. The summed E-state index contributed by atoms with van der Waals surface area (Å²) in [5, 5.41) is 11.9. The Kier molecular flexibility index (Phi) is 5.76. The molecule has 0 saturated heterocycles. The van der Waals surface area contributed by atoms with E-state index in [0.29, 0.717) is 22.2 Å². The second kappa shape index (κ2) is 8.61. The summed E-state index contributed by atoms with van der Waals surface area (Å²) in [5.41, 5.74) is 0.955. The number of urea groups is 1. The van der Waals surface area contributed by atoms with Crippen molar-refractivity contribution in [3.05, 3.63) is 70.8 Å². The highest BCUT2D eigenvalue weighted by Gasteiger charge is 2.26. The van der Waals surface area contributed by atoms with Crippen LogP contribution in [0.25, 0.3) is 0 Å². The lowest BCUT2D eigenvalue weighted by molar-refractivity contribution is 0.256. The van der Waals surface area contributed by atoms with Crippen LogP contribution < -0.4 is 10.2 Å². The predicted octanol–water partition coefficient (Wildman–Crippen LogP) is 5.04. The molecule has 8 heteroatoms. The molecule has 0 unspecified atom stereocenters. The van der Waals surface area contributed by atoms with Gasteiger partial charge in [-0.2, -0.15) is 0 Å². The van der Waals surface area contributed by atoms with Crippen LogP contribution in [0.5, 0.6) is 0 Å². The largest absolute Gasteiger partial charge is 0.329 e. The Balaban J connectivity index is 1.68. The van der Waals surface area contributed by atoms with Gasteiger partial charge >= 0.3 is 6.03 Å². The maximum atomic E-state index is 14.3. The highest BCUT2D eigenvalue weighted by molar-refractivity contribution is 6.30. The van der Waals surface area contributed by atoms with Gasteiger partial charge in [0, 0.05) is 29.2 Å². The van der Waals surface area contributed by atoms with Gasteiger partial charge in [0.15, 0.2) is 0 Å². The molecule has 0 fully saturated rings. The van der Waals surface area contributed by atoms with E-state index in [1.165, 1.54) is 11.0 Å². The quantitative estimate of drug-likeness (QED) is 0.652. The molecular formula is C21H21ClFN5O. The number of aryl methyl sites for hydroxylation is 1. The Labute approximate surface area is 173 Å². The molecule has 4 rings (SSSR count). The van der Waals surface area contributed by atoms with E-state index in [9.17, 15) is 9.18 Å². The number of rotatable bonds is 4. The number of hydrogen-bond acceptors (Lipinski definition) is 3. The second-order valence-corrected chi connectivity index (χ2v) is 7.43. The van der Waals surface area contributed by atoms with E-state index in [0.717, 1.165) is 38.1 Å². The molecule has 2 heterocycles. The number of benzene rings is 2. The van der Waals surface area contributed by atoms with E-state index >= 15 is 0 Å². The van der Waals surface area contributed by atoms with Gasteiger partial charge in [0.05, 0.1) is 6.54 Å². The molecular weight excluding hydrogens is 393 g/mol. The number of halogens is 2. The van der Waals surface area contributed by atoms with Crippen LogP contribution in [0, 0.1) is 5.82 Å². The fraction of sp³-hybridized carbons (Fsp3) is 0.286. The zero-order valence-electron chi connectivity index (χ0n) is 15.8. The Hall–Kier alpha value is -2.93. The molecule has 6 nitrogen and oxygen atoms in total. The Morgan fingerprint density at radius 2 is 2.00 bits per heavy atom. The molecule has 0 radical (unpaired) electrons. The molecule has 0 bridgehead atoms. The highest BCUT2D eigenvalue weighted by atomic mass is 35.5. The third-order valence-electron chi connectivity index (χ3n) is 4.94. The lowest BCUT2D eigenvalue weighted by Gasteiger charge is -2.23. The number of carbonyl (C=O) groups is 1. The zero-order chi connectivity index (χ0) is 20.2. The summed E-state index contributed by atoms with van der Waals surface area (Å²) in [6.45, 7) is 0.771. The number of aromatic nitrogens is 3. The summed E-state index contributed by atoms with van der Waals surface area (Å²) < 4.78 is 16.3. The van der Waals surface area contributed by atoms with Crippen molar-refractivity contribution in [2.75, 3.05) is 10.2 Å². The van der Waals surface area contributed by atoms with Crippen molar-refractivity contribution in [1.82, 2.24) is 14.8 Å². The standard InChI is InChI=1S/C21H21ClFN5O/c22-16-8-6-9-17(13-16)24-21(29)28(14-15-7-3-4-10-18(15)23)20-26-25-19-11-2-1-5-12-27(19)20/h3-4,6-10,13H,1-2,5,11-12,14H2,(H,24,29). The van der Waals surface area contributed by atoms with Crippen LogP contribution in [0.15, 0.2) is 48.5 Å². The SMILES string of the molecule is O=C(Nc1cccc(Cl)c1)N(Cc1ccccc1F)c1nnc2n1CCCCC2. The molecule has 3 aromatic rings. The van der Waals surface area contributed by atoms with Crippen molar-refractivity contribution in [1.29, 1.82) is 0 Å². The van der Waals surface area contributed by atoms with E-state index in [-0.39, 0.29) is 12.4 Å². The Morgan fingerprint density at radius 1 is 1.14 bits per heavy atom. The van der Waals surface area contributed by atoms with Crippen molar-refractivity contribution in [2.24, 2.45) is 0 Å². The van der Waals surface area contributed by atoms with E-state index < -0.39 is 6.03 Å². The lowest BCUT2D eigenvalue weighted by Crippen LogP contribution is -2.37. The molecule has 0 aliphatic carbocycles. The van der Waals surface area contributed by atoms with Gasteiger partial charge in [-0.05, 0) is 37.1 Å². The minimum atomic E-state index is -0.421. The van der Waals surface area contributed by atoms with Gasteiger partial charge < -0.3 is 5.32 Å². The number of anilines is 2. The van der Waals surface area contributed by atoms with Gasteiger partial charge in [-0.25, -0.2) is 9.18 Å². The molecule has 1 aromatic heterocycles. The van der Waals surface area contributed by atoms with Gasteiger partial charge in [0.2, 0.25) is 5.95 Å². The van der Waals surface area contributed by atoms with Gasteiger partial charge in [0.1, 0.15) is 11.6 Å². The maximum Gasteiger partial charge on any atom is 0.329 e. The molecule has 29 heavy (non-hydrogen) atoms. The number of carbonyl (C=O) groups excluding carboxylic acids is 1. The number of nitrogens with zero attached hydrogens (tertiary/aromatic N) is 4. The first-order valence-electron chi connectivity index (χ1n) is 9.61. The zero-order valence-corrected chi connectivity index (χ0v) is 16.6. The summed E-state index contributed by atoms with van der Waals surface area (Å²) >= 11 is 6.03. The first kappa shape index (κ1) is 19.4. The molecule has 150 valence electrons. The number of fused-ring (bicyclic) bond motifs is 1. The van der Waals surface area contributed by atoms with Crippen LogP contribution in [0.3, 0.4) is 0 Å². The summed E-state index contributed by atoms with van der Waals surface area (Å²) in [7, 11) is 0. The monoisotopic (exact) mass is 413 g/mol. The van der Waals surface area contributed by atoms with Crippen molar-refractivity contribution in [3.8, 4) is 0 Å². The van der Waals surface area contributed by atoms with Crippen LogP contribution >= 0.6 is 11.6 Å². The van der Waals surface area contributed by atoms with Crippen LogP contribution in [0.4, 0.5) is 20.8 Å². The number of hydrogen-bond donors (Lipinski definition) is 1. The van der Waals surface area contributed by atoms with Gasteiger partial charge in [0.25, 0.3) is 0 Å². The van der Waals surface area contributed by atoms with Crippen molar-refractivity contribution in [3.63, 3.8) is 0 Å². The minimum absolute atomic E-state index is 0.0389. The molecule has 1 N–H and O–H groups in total. The first-order valence-corrected chi connectivity index (χ1v) is 9.99. The number of amides is 2. The van der Waals surface area contributed by atoms with E-state index in [1.807, 2.05) is 4.57 Å². The van der Waals surface area contributed by atoms with Crippen LogP contribution in [0.2, 0.25) is 5.02 Å². The third-order valence-corrected chi connectivity index (χ3v) is 5.17. The average Bonchev–Trinajstić information content (AvgIpc) is 2.94. The molecule has 1 aliphatic rings. The topological polar surface area (TPSA) is 63.1 Å². The molecule has 2 aromatic carbocycles. The van der Waals surface area contributed by atoms with Crippen molar-refractivity contribution in [2.45, 2.75) is 38.8 Å². The van der Waals surface area contributed by atoms with Crippen LogP contribution in [-0.4, -0.2) is 20.8 Å². The minimum Gasteiger partial charge on any atom is -0.307 e. The summed E-state index contributed by atoms with van der Waals surface area (Å²) in [5.74, 6) is 0.903. The molecule has 2 amide bonds. The lowest BCUT2D eigenvalue weighted by atomic mass is 10.2. The fourth-order valence-corrected chi connectivity index (χ4v) is 3.65. The normalized spacial score (nSPS) is 13.4. The van der Waals surface area contributed by atoms with Crippen molar-refractivity contribution >= 4 is 29.3 Å². The molecule has 0 spiro atoms. The smallest absolute Gasteiger partial charge is 0.307 e. The third kappa shape index (κ3) is 4.40. The summed E-state index contributed by atoms with van der Waals surface area (Å²) in [6.07, 6.45) is 3.95. The molecule has 1 aliphatic heterocycles. The maximum absolute atomic E-state index is 14.3.